The molecule has 0 bridgehead atoms. The molecular weight excluding hydrogens is 290 g/mol. The van der Waals surface area contributed by atoms with E-state index in [1.54, 1.807) is 7.11 Å². The highest BCUT2D eigenvalue weighted by atomic mass is 79.9. The quantitative estimate of drug-likeness (QED) is 0.853. The molecule has 1 saturated carbocycles. The van der Waals surface area contributed by atoms with Gasteiger partial charge in [-0.2, -0.15) is 0 Å². The van der Waals surface area contributed by atoms with Gasteiger partial charge in [-0.3, -0.25) is 0 Å². The maximum atomic E-state index is 5.24. The van der Waals surface area contributed by atoms with Crippen LogP contribution in [0.3, 0.4) is 0 Å². The molecule has 100 valence electrons. The molecule has 1 aromatic carbocycles. The van der Waals surface area contributed by atoms with Gasteiger partial charge >= 0.3 is 0 Å². The van der Waals surface area contributed by atoms with Crippen LogP contribution < -0.4 is 10.1 Å². The fourth-order valence-electron chi connectivity index (χ4n) is 2.62. The third-order valence-corrected chi connectivity index (χ3v) is 4.83. The smallest absolute Gasteiger partial charge is 0.133 e. The Hall–Kier alpha value is -0.540. The summed E-state index contributed by atoms with van der Waals surface area (Å²) < 4.78 is 6.26. The highest BCUT2D eigenvalue weighted by Gasteiger charge is 2.34. The van der Waals surface area contributed by atoms with Crippen LogP contribution in [0.2, 0.25) is 0 Å². The fraction of sp³-hybridized carbons (Fsp3) is 0.600. The van der Waals surface area contributed by atoms with Crippen molar-refractivity contribution in [1.82, 2.24) is 5.32 Å². The highest BCUT2D eigenvalue weighted by molar-refractivity contribution is 9.10. The molecule has 0 aliphatic heterocycles. The summed E-state index contributed by atoms with van der Waals surface area (Å²) in [6.07, 6.45) is 5.49. The van der Waals surface area contributed by atoms with Crippen LogP contribution in [0.5, 0.6) is 5.75 Å². The first kappa shape index (κ1) is 13.9. The lowest BCUT2D eigenvalue weighted by Crippen LogP contribution is -2.39. The summed E-state index contributed by atoms with van der Waals surface area (Å²) in [5.74, 6) is 0.891. The summed E-state index contributed by atoms with van der Waals surface area (Å²) in [7, 11) is 1.69. The zero-order chi connectivity index (χ0) is 13.0. The Morgan fingerprint density at radius 2 is 2.17 bits per heavy atom. The average Bonchev–Trinajstić information content (AvgIpc) is 2.33. The van der Waals surface area contributed by atoms with Gasteiger partial charge < -0.3 is 10.1 Å². The maximum absolute atomic E-state index is 5.24. The van der Waals surface area contributed by atoms with Gasteiger partial charge in [0.25, 0.3) is 0 Å². The van der Waals surface area contributed by atoms with Crippen molar-refractivity contribution in [3.63, 3.8) is 0 Å². The first-order valence-electron chi connectivity index (χ1n) is 6.72. The van der Waals surface area contributed by atoms with E-state index in [0.717, 1.165) is 23.3 Å². The Bertz CT molecular complexity index is 396. The summed E-state index contributed by atoms with van der Waals surface area (Å²) in [5, 5.41) is 3.60. The van der Waals surface area contributed by atoms with Crippen LogP contribution in [0.1, 0.15) is 38.2 Å². The molecule has 0 aromatic heterocycles. The molecule has 0 saturated heterocycles. The molecule has 0 radical (unpaired) electrons. The molecule has 0 unspecified atom stereocenters. The van der Waals surface area contributed by atoms with Crippen molar-refractivity contribution in [1.29, 1.82) is 0 Å². The van der Waals surface area contributed by atoms with Crippen molar-refractivity contribution in [2.24, 2.45) is 5.41 Å². The predicted octanol–water partition coefficient (Wildman–Crippen LogP) is 4.13. The first-order valence-corrected chi connectivity index (χ1v) is 7.51. The molecular formula is C15H22BrNO. The molecule has 1 aromatic rings. The topological polar surface area (TPSA) is 21.3 Å². The van der Waals surface area contributed by atoms with Crippen LogP contribution in [0.15, 0.2) is 22.7 Å². The number of benzene rings is 1. The second-order valence-corrected chi connectivity index (χ2v) is 6.13. The van der Waals surface area contributed by atoms with Crippen molar-refractivity contribution in [2.75, 3.05) is 13.7 Å². The molecule has 2 rings (SSSR count). The van der Waals surface area contributed by atoms with Gasteiger partial charge in [-0.05, 0) is 58.3 Å². The van der Waals surface area contributed by atoms with Crippen molar-refractivity contribution in [2.45, 2.75) is 39.2 Å². The molecule has 1 fully saturated rings. The van der Waals surface area contributed by atoms with E-state index in [1.807, 2.05) is 6.07 Å². The lowest BCUT2D eigenvalue weighted by atomic mass is 9.67. The van der Waals surface area contributed by atoms with Crippen LogP contribution in [-0.2, 0) is 6.54 Å². The molecule has 0 heterocycles. The van der Waals surface area contributed by atoms with Crippen LogP contribution in [0, 0.1) is 5.41 Å². The van der Waals surface area contributed by atoms with Crippen LogP contribution >= 0.6 is 15.9 Å². The van der Waals surface area contributed by atoms with E-state index in [9.17, 15) is 0 Å². The van der Waals surface area contributed by atoms with E-state index in [4.69, 9.17) is 4.74 Å². The zero-order valence-corrected chi connectivity index (χ0v) is 12.8. The average molecular weight is 312 g/mol. The van der Waals surface area contributed by atoms with Crippen LogP contribution in [-0.4, -0.2) is 13.7 Å². The molecule has 18 heavy (non-hydrogen) atoms. The summed E-state index contributed by atoms with van der Waals surface area (Å²) in [6, 6.07) is 6.27. The standard InChI is InChI=1S/C15H22BrNO/c1-3-15(7-4-8-15)11-17-10-12-5-6-14(18-2)13(16)9-12/h5-6,9,17H,3-4,7-8,10-11H2,1-2H3. The normalized spacial score (nSPS) is 17.3. The summed E-state index contributed by atoms with van der Waals surface area (Å²) >= 11 is 3.52. The van der Waals surface area contributed by atoms with Crippen molar-refractivity contribution in [3.05, 3.63) is 28.2 Å². The van der Waals surface area contributed by atoms with Crippen molar-refractivity contribution >= 4 is 15.9 Å². The highest BCUT2D eigenvalue weighted by Crippen LogP contribution is 2.43. The number of nitrogens with one attached hydrogen (secondary N) is 1. The Labute approximate surface area is 118 Å². The summed E-state index contributed by atoms with van der Waals surface area (Å²) in [4.78, 5) is 0. The van der Waals surface area contributed by atoms with Gasteiger partial charge in [0.15, 0.2) is 0 Å². The zero-order valence-electron chi connectivity index (χ0n) is 11.3. The Kier molecular flexibility index (Phi) is 4.68. The van der Waals surface area contributed by atoms with E-state index in [-0.39, 0.29) is 0 Å². The number of methoxy groups -OCH3 is 1. The molecule has 0 amide bonds. The van der Waals surface area contributed by atoms with Gasteiger partial charge in [0.05, 0.1) is 11.6 Å². The lowest BCUT2D eigenvalue weighted by molar-refractivity contribution is 0.124. The fourth-order valence-corrected chi connectivity index (χ4v) is 3.21. The van der Waals surface area contributed by atoms with Gasteiger partial charge in [-0.15, -0.1) is 0 Å². The molecule has 1 aliphatic carbocycles. The Morgan fingerprint density at radius 1 is 1.39 bits per heavy atom. The minimum atomic E-state index is 0.587. The van der Waals surface area contributed by atoms with Crippen LogP contribution in [0.25, 0.3) is 0 Å². The van der Waals surface area contributed by atoms with Gasteiger partial charge in [0.2, 0.25) is 0 Å². The van der Waals surface area contributed by atoms with E-state index >= 15 is 0 Å². The van der Waals surface area contributed by atoms with Crippen molar-refractivity contribution in [3.8, 4) is 5.75 Å². The third-order valence-electron chi connectivity index (χ3n) is 4.21. The predicted molar refractivity (Wildman–Crippen MR) is 79.0 cm³/mol. The second kappa shape index (κ2) is 6.07. The molecule has 1 N–H and O–H groups in total. The first-order chi connectivity index (χ1) is 8.69. The van der Waals surface area contributed by atoms with Crippen LogP contribution in [0.4, 0.5) is 0 Å². The number of hydrogen-bond acceptors (Lipinski definition) is 2. The van der Waals surface area contributed by atoms with E-state index in [2.05, 4.69) is 40.3 Å². The van der Waals surface area contributed by atoms with E-state index < -0.39 is 0 Å². The molecule has 0 atom stereocenters. The second-order valence-electron chi connectivity index (χ2n) is 5.28. The van der Waals surface area contributed by atoms with Gasteiger partial charge in [0, 0.05) is 13.1 Å². The Morgan fingerprint density at radius 3 is 2.67 bits per heavy atom. The third kappa shape index (κ3) is 3.07. The number of rotatable bonds is 6. The monoisotopic (exact) mass is 311 g/mol. The summed E-state index contributed by atoms with van der Waals surface area (Å²) in [6.45, 7) is 4.39. The molecule has 0 spiro atoms. The minimum Gasteiger partial charge on any atom is -0.496 e. The molecule has 3 heteroatoms. The van der Waals surface area contributed by atoms with Crippen molar-refractivity contribution < 1.29 is 4.74 Å². The van der Waals surface area contributed by atoms with E-state index in [1.165, 1.54) is 31.2 Å². The Balaban J connectivity index is 1.85. The minimum absolute atomic E-state index is 0.587. The largest absolute Gasteiger partial charge is 0.496 e. The van der Waals surface area contributed by atoms with Gasteiger partial charge in [-0.1, -0.05) is 19.4 Å². The van der Waals surface area contributed by atoms with Gasteiger partial charge in [-0.25, -0.2) is 0 Å². The maximum Gasteiger partial charge on any atom is 0.133 e. The SMILES string of the molecule is CCC1(CNCc2ccc(OC)c(Br)c2)CCC1. The van der Waals surface area contributed by atoms with Gasteiger partial charge in [0.1, 0.15) is 5.75 Å². The summed E-state index contributed by atoms with van der Waals surface area (Å²) in [5.41, 5.74) is 1.89. The lowest BCUT2D eigenvalue weighted by Gasteiger charge is -2.41. The molecule has 1 aliphatic rings. The number of halogens is 1. The number of hydrogen-bond donors (Lipinski definition) is 1. The van der Waals surface area contributed by atoms with E-state index in [0.29, 0.717) is 5.41 Å². The molecule has 2 nitrogen and oxygen atoms in total. The number of ether oxygens (including phenoxy) is 1.